The first kappa shape index (κ1) is 15.2. The Labute approximate surface area is 123 Å². The highest BCUT2D eigenvalue weighted by Crippen LogP contribution is 2.22. The van der Waals surface area contributed by atoms with E-state index < -0.39 is 12.0 Å². The van der Waals surface area contributed by atoms with E-state index in [2.05, 4.69) is 10.6 Å². The zero-order valence-corrected chi connectivity index (χ0v) is 11.8. The van der Waals surface area contributed by atoms with Gasteiger partial charge in [0.05, 0.1) is 11.3 Å². The van der Waals surface area contributed by atoms with E-state index in [-0.39, 0.29) is 23.0 Å². The number of amides is 2. The van der Waals surface area contributed by atoms with Crippen molar-refractivity contribution in [1.82, 2.24) is 5.32 Å². The molecule has 0 radical (unpaired) electrons. The predicted molar refractivity (Wildman–Crippen MR) is 78.7 cm³/mol. The largest absolute Gasteiger partial charge is 0.508 e. The van der Waals surface area contributed by atoms with Crippen molar-refractivity contribution in [2.24, 2.45) is 0 Å². The van der Waals surface area contributed by atoms with Crippen LogP contribution in [0.15, 0.2) is 18.2 Å². The smallest absolute Gasteiger partial charge is 0.337 e. The number of carbonyl (C=O) groups excluding carboxylic acids is 1. The average Bonchev–Trinajstić information content (AvgIpc) is 2.69. The number of aromatic hydroxyl groups is 1. The van der Waals surface area contributed by atoms with Crippen LogP contribution < -0.4 is 10.6 Å². The van der Waals surface area contributed by atoms with Crippen molar-refractivity contribution in [2.75, 3.05) is 5.32 Å². The highest BCUT2D eigenvalue weighted by molar-refractivity contribution is 6.00. The minimum absolute atomic E-state index is 0.133. The molecule has 0 atom stereocenters. The van der Waals surface area contributed by atoms with Gasteiger partial charge in [-0.3, -0.25) is 0 Å². The van der Waals surface area contributed by atoms with Crippen molar-refractivity contribution in [1.29, 1.82) is 0 Å². The second kappa shape index (κ2) is 6.97. The summed E-state index contributed by atoms with van der Waals surface area (Å²) in [6.45, 7) is 0. The van der Waals surface area contributed by atoms with Crippen LogP contribution in [0.5, 0.6) is 5.75 Å². The number of rotatable bonds is 3. The molecular weight excluding hydrogens is 272 g/mol. The standard InChI is InChI=1S/C15H20N2O4/c18-11-7-8-13(12(9-11)14(19)20)17-15(21)16-10-5-3-1-2-4-6-10/h7-10,18H,1-6H2,(H,19,20)(H2,16,17,21). The molecule has 0 spiro atoms. The number of aromatic carboxylic acids is 1. The van der Waals surface area contributed by atoms with Crippen LogP contribution in [0.25, 0.3) is 0 Å². The molecule has 114 valence electrons. The van der Waals surface area contributed by atoms with Gasteiger partial charge in [0.2, 0.25) is 0 Å². The molecule has 4 N–H and O–H groups in total. The fourth-order valence-electron chi connectivity index (χ4n) is 2.59. The van der Waals surface area contributed by atoms with Gasteiger partial charge in [0.25, 0.3) is 0 Å². The van der Waals surface area contributed by atoms with E-state index >= 15 is 0 Å². The first-order valence-electron chi connectivity index (χ1n) is 7.20. The Morgan fingerprint density at radius 1 is 1.10 bits per heavy atom. The van der Waals surface area contributed by atoms with E-state index in [9.17, 15) is 14.7 Å². The second-order valence-corrected chi connectivity index (χ2v) is 5.32. The Morgan fingerprint density at radius 2 is 1.76 bits per heavy atom. The highest BCUT2D eigenvalue weighted by atomic mass is 16.4. The van der Waals surface area contributed by atoms with Crippen LogP contribution in [-0.4, -0.2) is 28.3 Å². The topological polar surface area (TPSA) is 98.7 Å². The lowest BCUT2D eigenvalue weighted by Crippen LogP contribution is -2.37. The zero-order valence-electron chi connectivity index (χ0n) is 11.8. The van der Waals surface area contributed by atoms with E-state index in [1.807, 2.05) is 0 Å². The fourth-order valence-corrected chi connectivity index (χ4v) is 2.59. The van der Waals surface area contributed by atoms with Crippen LogP contribution >= 0.6 is 0 Å². The summed E-state index contributed by atoms with van der Waals surface area (Å²) in [6.07, 6.45) is 6.50. The molecule has 0 saturated heterocycles. The molecule has 0 aliphatic heterocycles. The van der Waals surface area contributed by atoms with Crippen LogP contribution in [0.2, 0.25) is 0 Å². The molecule has 1 saturated carbocycles. The van der Waals surface area contributed by atoms with Gasteiger partial charge >= 0.3 is 12.0 Å². The SMILES string of the molecule is O=C(Nc1ccc(O)cc1C(=O)O)NC1CCCCCC1. The third kappa shape index (κ3) is 4.37. The number of benzene rings is 1. The number of hydrogen-bond donors (Lipinski definition) is 4. The normalized spacial score (nSPS) is 16.0. The summed E-state index contributed by atoms with van der Waals surface area (Å²) in [7, 11) is 0. The number of phenols is 1. The number of hydrogen-bond acceptors (Lipinski definition) is 3. The number of carbonyl (C=O) groups is 2. The number of anilines is 1. The van der Waals surface area contributed by atoms with Gasteiger partial charge in [0.1, 0.15) is 5.75 Å². The third-order valence-electron chi connectivity index (χ3n) is 3.67. The zero-order chi connectivity index (χ0) is 15.2. The summed E-state index contributed by atoms with van der Waals surface area (Å²) in [6, 6.07) is 3.57. The van der Waals surface area contributed by atoms with E-state index in [0.29, 0.717) is 0 Å². The minimum atomic E-state index is -1.20. The Bertz CT molecular complexity index is 522. The molecule has 2 rings (SSSR count). The lowest BCUT2D eigenvalue weighted by atomic mass is 10.1. The molecular formula is C15H20N2O4. The van der Waals surface area contributed by atoms with E-state index in [1.54, 1.807) is 0 Å². The molecule has 6 heteroatoms. The van der Waals surface area contributed by atoms with E-state index in [0.717, 1.165) is 31.7 Å². The van der Waals surface area contributed by atoms with Crippen molar-refractivity contribution in [3.05, 3.63) is 23.8 Å². The quantitative estimate of drug-likeness (QED) is 0.508. The number of carboxylic acids is 1. The predicted octanol–water partition coefficient (Wildman–Crippen LogP) is 2.93. The van der Waals surface area contributed by atoms with Gasteiger partial charge in [-0.25, -0.2) is 9.59 Å². The maximum absolute atomic E-state index is 12.0. The lowest BCUT2D eigenvalue weighted by molar-refractivity contribution is 0.0697. The Balaban J connectivity index is 2.00. The summed E-state index contributed by atoms with van der Waals surface area (Å²) in [5.74, 6) is -1.35. The summed E-state index contributed by atoms with van der Waals surface area (Å²) in [4.78, 5) is 23.1. The lowest BCUT2D eigenvalue weighted by Gasteiger charge is -2.17. The summed E-state index contributed by atoms with van der Waals surface area (Å²) in [5, 5.41) is 23.8. The summed E-state index contributed by atoms with van der Waals surface area (Å²) >= 11 is 0. The van der Waals surface area contributed by atoms with E-state index in [4.69, 9.17) is 5.11 Å². The Hall–Kier alpha value is -2.24. The summed E-state index contributed by atoms with van der Waals surface area (Å²) < 4.78 is 0. The molecule has 2 amide bonds. The molecule has 0 bridgehead atoms. The number of phenolic OH excluding ortho intramolecular Hbond substituents is 1. The first-order chi connectivity index (χ1) is 10.1. The Kier molecular flexibility index (Phi) is 5.03. The molecule has 1 fully saturated rings. The molecule has 1 aliphatic carbocycles. The van der Waals surface area contributed by atoms with Crippen LogP contribution in [0.3, 0.4) is 0 Å². The third-order valence-corrected chi connectivity index (χ3v) is 3.67. The molecule has 0 aromatic heterocycles. The van der Waals surface area contributed by atoms with Crippen LogP contribution in [0.4, 0.5) is 10.5 Å². The molecule has 21 heavy (non-hydrogen) atoms. The van der Waals surface area contributed by atoms with Crippen molar-refractivity contribution in [3.8, 4) is 5.75 Å². The van der Waals surface area contributed by atoms with Gasteiger partial charge in [-0.15, -0.1) is 0 Å². The highest BCUT2D eigenvalue weighted by Gasteiger charge is 2.17. The van der Waals surface area contributed by atoms with Gasteiger partial charge in [-0.2, -0.15) is 0 Å². The molecule has 6 nitrogen and oxygen atoms in total. The molecule has 1 aliphatic rings. The summed E-state index contributed by atoms with van der Waals surface area (Å²) in [5.41, 5.74) is 0.0393. The van der Waals surface area contributed by atoms with Gasteiger partial charge < -0.3 is 20.8 Å². The minimum Gasteiger partial charge on any atom is -0.508 e. The maximum atomic E-state index is 12.0. The van der Waals surface area contributed by atoms with Crippen molar-refractivity contribution in [2.45, 2.75) is 44.6 Å². The van der Waals surface area contributed by atoms with Gasteiger partial charge in [-0.05, 0) is 31.0 Å². The Morgan fingerprint density at radius 3 is 2.38 bits per heavy atom. The first-order valence-corrected chi connectivity index (χ1v) is 7.20. The van der Waals surface area contributed by atoms with Crippen molar-refractivity contribution >= 4 is 17.7 Å². The maximum Gasteiger partial charge on any atom is 0.337 e. The fraction of sp³-hybridized carbons (Fsp3) is 0.467. The molecule has 0 heterocycles. The van der Waals surface area contributed by atoms with Gasteiger partial charge in [-0.1, -0.05) is 25.7 Å². The van der Waals surface area contributed by atoms with Crippen LogP contribution in [0.1, 0.15) is 48.9 Å². The number of nitrogens with one attached hydrogen (secondary N) is 2. The molecule has 1 aromatic rings. The average molecular weight is 292 g/mol. The van der Waals surface area contributed by atoms with Gasteiger partial charge in [0, 0.05) is 6.04 Å². The van der Waals surface area contributed by atoms with E-state index in [1.165, 1.54) is 25.0 Å². The van der Waals surface area contributed by atoms with Crippen LogP contribution in [0, 0.1) is 0 Å². The number of carboxylic acid groups (broad SMARTS) is 1. The monoisotopic (exact) mass is 292 g/mol. The van der Waals surface area contributed by atoms with Crippen LogP contribution in [-0.2, 0) is 0 Å². The molecule has 0 unspecified atom stereocenters. The van der Waals surface area contributed by atoms with Crippen molar-refractivity contribution in [3.63, 3.8) is 0 Å². The second-order valence-electron chi connectivity index (χ2n) is 5.32. The van der Waals surface area contributed by atoms with Gasteiger partial charge in [0.15, 0.2) is 0 Å². The number of urea groups is 1. The molecule has 1 aromatic carbocycles. The van der Waals surface area contributed by atoms with Crippen molar-refractivity contribution < 1.29 is 19.8 Å².